The van der Waals surface area contributed by atoms with Crippen LogP contribution in [0.5, 0.6) is 0 Å². The molecule has 14 heavy (non-hydrogen) atoms. The van der Waals surface area contributed by atoms with E-state index in [4.69, 9.17) is 0 Å². The van der Waals surface area contributed by atoms with Crippen molar-refractivity contribution < 1.29 is 0 Å². The van der Waals surface area contributed by atoms with Gasteiger partial charge in [0.15, 0.2) is 0 Å². The molecule has 0 aromatic rings. The molecule has 1 fully saturated rings. The summed E-state index contributed by atoms with van der Waals surface area (Å²) in [5, 5.41) is 3.47. The van der Waals surface area contributed by atoms with Crippen molar-refractivity contribution in [1.82, 2.24) is 15.1 Å². The minimum atomic E-state index is 0.665. The molecule has 0 radical (unpaired) electrons. The largest absolute Gasteiger partial charge is 0.315 e. The average Bonchev–Trinajstić information content (AvgIpc) is 2.18. The monoisotopic (exact) mass is 197 g/mol. The van der Waals surface area contributed by atoms with E-state index in [1.54, 1.807) is 0 Å². The number of hydrogen-bond donors (Lipinski definition) is 1. The highest BCUT2D eigenvalue weighted by Gasteiger charge is 2.20. The van der Waals surface area contributed by atoms with E-state index >= 15 is 0 Å². The smallest absolute Gasteiger partial charge is 0.0345 e. The first-order chi connectivity index (χ1) is 6.74. The maximum absolute atomic E-state index is 3.71. The van der Waals surface area contributed by atoms with Crippen LogP contribution in [-0.2, 0) is 0 Å². The maximum atomic E-state index is 3.71. The van der Waals surface area contributed by atoms with Crippen LogP contribution in [0.3, 0.4) is 0 Å². The Labute approximate surface area is 87.8 Å². The van der Waals surface area contributed by atoms with Gasteiger partial charge in [0, 0.05) is 32.2 Å². The Morgan fingerprint density at radius 1 is 1.43 bits per heavy atom. The van der Waals surface area contributed by atoms with Gasteiger partial charge in [0.2, 0.25) is 0 Å². The SMILES string of the molecule is C=CCCNCC1CN(C)CCN1C. The lowest BCUT2D eigenvalue weighted by Gasteiger charge is -2.37. The molecule has 0 bridgehead atoms. The predicted octanol–water partition coefficient (Wildman–Crippen LogP) is 0.398. The van der Waals surface area contributed by atoms with Gasteiger partial charge < -0.3 is 10.2 Å². The lowest BCUT2D eigenvalue weighted by Crippen LogP contribution is -2.53. The summed E-state index contributed by atoms with van der Waals surface area (Å²) in [4.78, 5) is 4.85. The van der Waals surface area contributed by atoms with Crippen LogP contribution in [0.1, 0.15) is 6.42 Å². The minimum absolute atomic E-state index is 0.665. The topological polar surface area (TPSA) is 18.5 Å². The van der Waals surface area contributed by atoms with Crippen LogP contribution >= 0.6 is 0 Å². The van der Waals surface area contributed by atoms with Crippen molar-refractivity contribution in [2.45, 2.75) is 12.5 Å². The molecule has 3 heteroatoms. The molecule has 0 aliphatic carbocycles. The van der Waals surface area contributed by atoms with Gasteiger partial charge in [0.05, 0.1) is 0 Å². The number of nitrogens with one attached hydrogen (secondary N) is 1. The van der Waals surface area contributed by atoms with E-state index in [1.807, 2.05) is 6.08 Å². The molecule has 1 aliphatic rings. The van der Waals surface area contributed by atoms with Gasteiger partial charge in [-0.2, -0.15) is 0 Å². The number of likely N-dealkylation sites (N-methyl/N-ethyl adjacent to an activating group) is 2. The summed E-state index contributed by atoms with van der Waals surface area (Å²) in [6.45, 7) is 9.42. The van der Waals surface area contributed by atoms with Crippen molar-refractivity contribution >= 4 is 0 Å². The normalized spacial score (nSPS) is 25.1. The third kappa shape index (κ3) is 3.78. The molecular formula is C11H23N3. The summed E-state index contributed by atoms with van der Waals surface area (Å²) >= 11 is 0. The summed E-state index contributed by atoms with van der Waals surface area (Å²) in [5.74, 6) is 0. The number of piperazine rings is 1. The van der Waals surface area contributed by atoms with E-state index < -0.39 is 0 Å². The van der Waals surface area contributed by atoms with E-state index in [-0.39, 0.29) is 0 Å². The Morgan fingerprint density at radius 3 is 2.93 bits per heavy atom. The van der Waals surface area contributed by atoms with Crippen LogP contribution in [0.15, 0.2) is 12.7 Å². The van der Waals surface area contributed by atoms with Crippen LogP contribution < -0.4 is 5.32 Å². The van der Waals surface area contributed by atoms with Gasteiger partial charge >= 0.3 is 0 Å². The second kappa shape index (κ2) is 6.17. The van der Waals surface area contributed by atoms with Crippen molar-refractivity contribution in [2.75, 3.05) is 46.8 Å². The van der Waals surface area contributed by atoms with E-state index in [1.165, 1.54) is 19.6 Å². The van der Waals surface area contributed by atoms with E-state index in [9.17, 15) is 0 Å². The average molecular weight is 197 g/mol. The van der Waals surface area contributed by atoms with Gasteiger partial charge in [-0.15, -0.1) is 6.58 Å². The van der Waals surface area contributed by atoms with Gasteiger partial charge in [-0.1, -0.05) is 6.08 Å². The highest BCUT2D eigenvalue weighted by molar-refractivity contribution is 4.80. The Morgan fingerprint density at radius 2 is 2.21 bits per heavy atom. The molecule has 0 spiro atoms. The maximum Gasteiger partial charge on any atom is 0.0345 e. The predicted molar refractivity (Wildman–Crippen MR) is 61.6 cm³/mol. The third-order valence-corrected chi connectivity index (χ3v) is 2.89. The zero-order valence-corrected chi connectivity index (χ0v) is 9.50. The zero-order valence-electron chi connectivity index (χ0n) is 9.50. The number of hydrogen-bond acceptors (Lipinski definition) is 3. The summed E-state index contributed by atoms with van der Waals surface area (Å²) < 4.78 is 0. The first-order valence-electron chi connectivity index (χ1n) is 5.44. The van der Waals surface area contributed by atoms with Gasteiger partial charge in [0.25, 0.3) is 0 Å². The fourth-order valence-electron chi connectivity index (χ4n) is 1.79. The first-order valence-corrected chi connectivity index (χ1v) is 5.44. The molecule has 0 aromatic carbocycles. The van der Waals surface area contributed by atoms with Crippen molar-refractivity contribution in [3.63, 3.8) is 0 Å². The highest BCUT2D eigenvalue weighted by Crippen LogP contribution is 2.04. The van der Waals surface area contributed by atoms with Gasteiger partial charge in [-0.3, -0.25) is 4.90 Å². The van der Waals surface area contributed by atoms with Gasteiger partial charge in [-0.25, -0.2) is 0 Å². The van der Waals surface area contributed by atoms with Gasteiger partial charge in [-0.05, 0) is 27.1 Å². The Hall–Kier alpha value is -0.380. The molecule has 0 saturated carbocycles. The van der Waals surface area contributed by atoms with Crippen LogP contribution in [0.4, 0.5) is 0 Å². The molecule has 82 valence electrons. The summed E-state index contributed by atoms with van der Waals surface area (Å²) in [6, 6.07) is 0.665. The zero-order chi connectivity index (χ0) is 10.4. The minimum Gasteiger partial charge on any atom is -0.315 e. The van der Waals surface area contributed by atoms with Crippen molar-refractivity contribution in [3.8, 4) is 0 Å². The van der Waals surface area contributed by atoms with Crippen molar-refractivity contribution in [3.05, 3.63) is 12.7 Å². The van der Waals surface area contributed by atoms with Crippen LogP contribution in [-0.4, -0.2) is 62.7 Å². The molecule has 1 atom stereocenters. The van der Waals surface area contributed by atoms with Gasteiger partial charge in [0.1, 0.15) is 0 Å². The van der Waals surface area contributed by atoms with Crippen LogP contribution in [0, 0.1) is 0 Å². The summed E-state index contributed by atoms with van der Waals surface area (Å²) in [7, 11) is 4.41. The molecule has 1 rings (SSSR count). The summed E-state index contributed by atoms with van der Waals surface area (Å²) in [6.07, 6.45) is 3.02. The fraction of sp³-hybridized carbons (Fsp3) is 0.818. The Kier molecular flexibility index (Phi) is 5.15. The molecule has 1 heterocycles. The lowest BCUT2D eigenvalue weighted by molar-refractivity contribution is 0.114. The third-order valence-electron chi connectivity index (χ3n) is 2.89. The quantitative estimate of drug-likeness (QED) is 0.508. The standard InChI is InChI=1S/C11H23N3/c1-4-5-6-12-9-11-10-13(2)7-8-14(11)3/h4,11-12H,1,5-10H2,2-3H3. The van der Waals surface area contributed by atoms with E-state index in [0.717, 1.165) is 19.5 Å². The Balaban J connectivity index is 2.17. The molecule has 0 amide bonds. The van der Waals surface area contributed by atoms with Crippen molar-refractivity contribution in [1.29, 1.82) is 0 Å². The lowest BCUT2D eigenvalue weighted by atomic mass is 10.2. The van der Waals surface area contributed by atoms with Crippen LogP contribution in [0.25, 0.3) is 0 Å². The molecule has 3 nitrogen and oxygen atoms in total. The first kappa shape index (κ1) is 11.7. The molecule has 1 N–H and O–H groups in total. The van der Waals surface area contributed by atoms with Crippen molar-refractivity contribution in [2.24, 2.45) is 0 Å². The van der Waals surface area contributed by atoms with E-state index in [2.05, 4.69) is 35.8 Å². The molecule has 1 saturated heterocycles. The van der Waals surface area contributed by atoms with Crippen LogP contribution in [0.2, 0.25) is 0 Å². The second-order valence-corrected chi connectivity index (χ2v) is 4.18. The fourth-order valence-corrected chi connectivity index (χ4v) is 1.79. The number of rotatable bonds is 5. The van der Waals surface area contributed by atoms with E-state index in [0.29, 0.717) is 6.04 Å². The summed E-state index contributed by atoms with van der Waals surface area (Å²) in [5.41, 5.74) is 0. The Bertz CT molecular complexity index is 170. The number of nitrogens with zero attached hydrogens (tertiary/aromatic N) is 2. The second-order valence-electron chi connectivity index (χ2n) is 4.18. The molecule has 1 unspecified atom stereocenters. The molecular weight excluding hydrogens is 174 g/mol. The highest BCUT2D eigenvalue weighted by atomic mass is 15.3. The molecule has 0 aromatic heterocycles. The molecule has 1 aliphatic heterocycles.